The molecule has 1 aliphatic heterocycles. The van der Waals surface area contributed by atoms with Crippen LogP contribution in [-0.2, 0) is 27.6 Å². The van der Waals surface area contributed by atoms with E-state index in [2.05, 4.69) is 15.5 Å². The molecule has 1 fully saturated rings. The molecule has 2 rings (SSSR count). The first-order valence-corrected chi connectivity index (χ1v) is 8.43. The van der Waals surface area contributed by atoms with Crippen molar-refractivity contribution >= 4 is 27.1 Å². The summed E-state index contributed by atoms with van der Waals surface area (Å²) in [6, 6.07) is 0. The molecule has 8 heteroatoms. The number of aromatic nitrogens is 2. The van der Waals surface area contributed by atoms with Gasteiger partial charge in [0.1, 0.15) is 10.0 Å². The predicted molar refractivity (Wildman–Crippen MR) is 67.9 cm³/mol. The lowest BCUT2D eigenvalue weighted by molar-refractivity contribution is -0.124. The SMILES string of the molecule is CCc1nnc(CNC(=O)[C@H]2CCS(=O)(=O)C2)s1. The molecule has 100 valence electrons. The van der Waals surface area contributed by atoms with Gasteiger partial charge in [0.15, 0.2) is 9.84 Å². The Bertz CT molecular complexity index is 538. The molecule has 0 unspecified atom stereocenters. The van der Waals surface area contributed by atoms with Crippen LogP contribution in [-0.4, -0.2) is 36.0 Å². The number of sulfone groups is 1. The van der Waals surface area contributed by atoms with Gasteiger partial charge in [0.05, 0.1) is 24.0 Å². The van der Waals surface area contributed by atoms with E-state index in [0.717, 1.165) is 16.4 Å². The van der Waals surface area contributed by atoms with Gasteiger partial charge in [-0.2, -0.15) is 0 Å². The summed E-state index contributed by atoms with van der Waals surface area (Å²) in [4.78, 5) is 11.8. The number of aryl methyl sites for hydroxylation is 1. The number of amides is 1. The molecule has 2 heterocycles. The van der Waals surface area contributed by atoms with E-state index in [4.69, 9.17) is 0 Å². The van der Waals surface area contributed by atoms with E-state index in [1.54, 1.807) is 0 Å². The highest BCUT2D eigenvalue weighted by Gasteiger charge is 2.32. The number of rotatable bonds is 4. The zero-order valence-electron chi connectivity index (χ0n) is 10.0. The standard InChI is InChI=1S/C10H15N3O3S2/c1-2-8-12-13-9(17-8)5-11-10(14)7-3-4-18(15,16)6-7/h7H,2-6H2,1H3,(H,11,14)/t7-/m0/s1. The van der Waals surface area contributed by atoms with Crippen molar-refractivity contribution in [1.29, 1.82) is 0 Å². The van der Waals surface area contributed by atoms with Gasteiger partial charge in [-0.05, 0) is 12.8 Å². The van der Waals surface area contributed by atoms with E-state index in [1.807, 2.05) is 6.92 Å². The van der Waals surface area contributed by atoms with Crippen LogP contribution in [0, 0.1) is 5.92 Å². The molecule has 0 aliphatic carbocycles. The Hall–Kier alpha value is -1.02. The Kier molecular flexibility index (Phi) is 3.96. The van der Waals surface area contributed by atoms with Crippen molar-refractivity contribution in [1.82, 2.24) is 15.5 Å². The highest BCUT2D eigenvalue weighted by molar-refractivity contribution is 7.91. The van der Waals surface area contributed by atoms with E-state index in [0.29, 0.717) is 13.0 Å². The number of nitrogens with zero attached hydrogens (tertiary/aromatic N) is 2. The van der Waals surface area contributed by atoms with Crippen LogP contribution in [0.15, 0.2) is 0 Å². The van der Waals surface area contributed by atoms with Gasteiger partial charge in [-0.25, -0.2) is 8.42 Å². The van der Waals surface area contributed by atoms with Gasteiger partial charge in [-0.3, -0.25) is 4.79 Å². The summed E-state index contributed by atoms with van der Waals surface area (Å²) in [6.45, 7) is 2.32. The molecule has 1 aliphatic rings. The van der Waals surface area contributed by atoms with Crippen molar-refractivity contribution in [2.45, 2.75) is 26.3 Å². The van der Waals surface area contributed by atoms with E-state index >= 15 is 0 Å². The zero-order valence-corrected chi connectivity index (χ0v) is 11.7. The summed E-state index contributed by atoms with van der Waals surface area (Å²) >= 11 is 1.46. The van der Waals surface area contributed by atoms with E-state index in [9.17, 15) is 13.2 Å². The van der Waals surface area contributed by atoms with Crippen molar-refractivity contribution in [3.05, 3.63) is 10.0 Å². The van der Waals surface area contributed by atoms with Crippen molar-refractivity contribution in [2.24, 2.45) is 5.92 Å². The van der Waals surface area contributed by atoms with Crippen LogP contribution >= 0.6 is 11.3 Å². The fourth-order valence-corrected chi connectivity index (χ4v) is 4.28. The lowest BCUT2D eigenvalue weighted by Crippen LogP contribution is -2.30. The highest BCUT2D eigenvalue weighted by atomic mass is 32.2. The maximum Gasteiger partial charge on any atom is 0.224 e. The summed E-state index contributed by atoms with van der Waals surface area (Å²) in [5.41, 5.74) is 0. The second kappa shape index (κ2) is 5.31. The molecule has 0 radical (unpaired) electrons. The third-order valence-electron chi connectivity index (χ3n) is 2.83. The number of nitrogens with one attached hydrogen (secondary N) is 1. The molecule has 0 spiro atoms. The largest absolute Gasteiger partial charge is 0.349 e. The average Bonchev–Trinajstić information content (AvgIpc) is 2.92. The summed E-state index contributed by atoms with van der Waals surface area (Å²) in [6.07, 6.45) is 1.25. The molecule has 1 saturated heterocycles. The first kappa shape index (κ1) is 13.4. The lowest BCUT2D eigenvalue weighted by atomic mass is 10.1. The van der Waals surface area contributed by atoms with Crippen LogP contribution in [0.25, 0.3) is 0 Å². The Morgan fingerprint density at radius 1 is 1.44 bits per heavy atom. The smallest absolute Gasteiger partial charge is 0.224 e. The lowest BCUT2D eigenvalue weighted by Gasteiger charge is -2.07. The molecule has 0 aromatic carbocycles. The molecule has 0 bridgehead atoms. The van der Waals surface area contributed by atoms with Crippen molar-refractivity contribution < 1.29 is 13.2 Å². The Morgan fingerprint density at radius 2 is 2.17 bits per heavy atom. The number of carbonyl (C=O) groups excluding carboxylic acids is 1. The second-order valence-corrected chi connectivity index (χ2v) is 7.64. The molecule has 0 saturated carbocycles. The number of hydrogen-bond acceptors (Lipinski definition) is 6. The summed E-state index contributed by atoms with van der Waals surface area (Å²) in [7, 11) is -3.01. The zero-order chi connectivity index (χ0) is 13.2. The summed E-state index contributed by atoms with van der Waals surface area (Å²) in [5.74, 6) is -0.531. The Labute approximate surface area is 110 Å². The van der Waals surface area contributed by atoms with Crippen LogP contribution in [0.5, 0.6) is 0 Å². The molecular weight excluding hydrogens is 274 g/mol. The number of hydrogen-bond donors (Lipinski definition) is 1. The quantitative estimate of drug-likeness (QED) is 0.852. The fraction of sp³-hybridized carbons (Fsp3) is 0.700. The van der Waals surface area contributed by atoms with E-state index in [1.165, 1.54) is 11.3 Å². The summed E-state index contributed by atoms with van der Waals surface area (Å²) < 4.78 is 22.5. The maximum atomic E-state index is 11.8. The van der Waals surface area contributed by atoms with Crippen molar-refractivity contribution in [2.75, 3.05) is 11.5 Å². The molecule has 1 aromatic heterocycles. The van der Waals surface area contributed by atoms with Crippen LogP contribution < -0.4 is 5.32 Å². The second-order valence-electron chi connectivity index (χ2n) is 4.26. The topological polar surface area (TPSA) is 89.0 Å². The molecule has 1 aromatic rings. The minimum Gasteiger partial charge on any atom is -0.349 e. The van der Waals surface area contributed by atoms with E-state index < -0.39 is 15.8 Å². The third kappa shape index (κ3) is 3.26. The highest BCUT2D eigenvalue weighted by Crippen LogP contribution is 2.18. The first-order chi connectivity index (χ1) is 8.50. The van der Waals surface area contributed by atoms with Gasteiger partial charge in [0.2, 0.25) is 5.91 Å². The monoisotopic (exact) mass is 289 g/mol. The van der Waals surface area contributed by atoms with Crippen LogP contribution in [0.2, 0.25) is 0 Å². The van der Waals surface area contributed by atoms with Gasteiger partial charge in [-0.1, -0.05) is 18.3 Å². The van der Waals surface area contributed by atoms with Gasteiger partial charge >= 0.3 is 0 Å². The predicted octanol–water partition coefficient (Wildman–Crippen LogP) is 0.151. The molecule has 1 N–H and O–H groups in total. The number of carbonyl (C=O) groups is 1. The fourth-order valence-electron chi connectivity index (χ4n) is 1.81. The molecule has 1 amide bonds. The molecular formula is C10H15N3O3S2. The van der Waals surface area contributed by atoms with Crippen molar-refractivity contribution in [3.63, 3.8) is 0 Å². The normalized spacial score (nSPS) is 21.9. The maximum absolute atomic E-state index is 11.8. The Balaban J connectivity index is 1.85. The van der Waals surface area contributed by atoms with Crippen LogP contribution in [0.1, 0.15) is 23.4 Å². The van der Waals surface area contributed by atoms with Crippen LogP contribution in [0.3, 0.4) is 0 Å². The molecule has 6 nitrogen and oxygen atoms in total. The van der Waals surface area contributed by atoms with E-state index in [-0.39, 0.29) is 17.4 Å². The minimum atomic E-state index is -3.01. The van der Waals surface area contributed by atoms with Crippen LogP contribution in [0.4, 0.5) is 0 Å². The minimum absolute atomic E-state index is 0.0326. The van der Waals surface area contributed by atoms with Crippen molar-refractivity contribution in [3.8, 4) is 0 Å². The molecule has 1 atom stereocenters. The van der Waals surface area contributed by atoms with Gasteiger partial charge < -0.3 is 5.32 Å². The average molecular weight is 289 g/mol. The molecule has 18 heavy (non-hydrogen) atoms. The van der Waals surface area contributed by atoms with Gasteiger partial charge in [0, 0.05) is 0 Å². The first-order valence-electron chi connectivity index (χ1n) is 5.79. The third-order valence-corrected chi connectivity index (χ3v) is 5.66. The Morgan fingerprint density at radius 3 is 2.72 bits per heavy atom. The van der Waals surface area contributed by atoms with Gasteiger partial charge in [0.25, 0.3) is 0 Å². The van der Waals surface area contributed by atoms with Gasteiger partial charge in [-0.15, -0.1) is 10.2 Å². The summed E-state index contributed by atoms with van der Waals surface area (Å²) in [5, 5.41) is 12.3.